The molecule has 0 bridgehead atoms. The summed E-state index contributed by atoms with van der Waals surface area (Å²) in [5.74, 6) is -0.840. The SMILES string of the molecule is Cc1cc(C(F)(C(F)(F)F)C(F)(F)F)ccc1N=C1OC(=O)c2c(I)cccc21. The van der Waals surface area contributed by atoms with Crippen molar-refractivity contribution in [3.63, 3.8) is 0 Å². The first-order valence-corrected chi connectivity index (χ1v) is 8.88. The number of hydrogen-bond donors (Lipinski definition) is 0. The number of fused-ring (bicyclic) bond motifs is 1. The zero-order chi connectivity index (χ0) is 21.8. The largest absolute Gasteiger partial charge is 0.435 e. The molecular formula is C18H9F7INO2. The van der Waals surface area contributed by atoms with E-state index < -0.39 is 29.6 Å². The van der Waals surface area contributed by atoms with Crippen LogP contribution in [0.4, 0.5) is 36.4 Å². The highest BCUT2D eigenvalue weighted by atomic mass is 127. The lowest BCUT2D eigenvalue weighted by Gasteiger charge is -2.30. The number of aryl methyl sites for hydroxylation is 1. The molecule has 0 atom stereocenters. The molecule has 11 heteroatoms. The Bertz CT molecular complexity index is 1010. The van der Waals surface area contributed by atoms with Gasteiger partial charge in [-0.1, -0.05) is 18.2 Å². The minimum Gasteiger partial charge on any atom is -0.403 e. The molecule has 0 spiro atoms. The topological polar surface area (TPSA) is 38.7 Å². The van der Waals surface area contributed by atoms with Gasteiger partial charge in [0.05, 0.1) is 16.8 Å². The Morgan fingerprint density at radius 1 is 0.966 bits per heavy atom. The molecule has 1 heterocycles. The Morgan fingerprint density at radius 3 is 2.14 bits per heavy atom. The van der Waals surface area contributed by atoms with Gasteiger partial charge in [0.2, 0.25) is 5.90 Å². The maximum atomic E-state index is 14.2. The zero-order valence-electron chi connectivity index (χ0n) is 14.3. The van der Waals surface area contributed by atoms with Crippen LogP contribution in [0.5, 0.6) is 0 Å². The summed E-state index contributed by atoms with van der Waals surface area (Å²) in [6, 6.07) is 6.40. The van der Waals surface area contributed by atoms with Gasteiger partial charge in [0.15, 0.2) is 0 Å². The minimum absolute atomic E-state index is 0.0741. The predicted octanol–water partition coefficient (Wildman–Crippen LogP) is 6.14. The molecule has 0 aliphatic carbocycles. The maximum Gasteiger partial charge on any atom is 0.435 e. The Hall–Kier alpha value is -2.18. The number of nitrogens with zero attached hydrogens (tertiary/aromatic N) is 1. The van der Waals surface area contributed by atoms with Gasteiger partial charge >= 0.3 is 24.0 Å². The summed E-state index contributed by atoms with van der Waals surface area (Å²) in [5.41, 5.74) is -6.80. The van der Waals surface area contributed by atoms with Gasteiger partial charge in [-0.2, -0.15) is 26.3 Å². The number of hydrogen-bond acceptors (Lipinski definition) is 3. The maximum absolute atomic E-state index is 14.2. The van der Waals surface area contributed by atoms with Crippen LogP contribution in [-0.4, -0.2) is 24.2 Å². The normalized spacial score (nSPS) is 16.2. The number of esters is 1. The molecule has 3 rings (SSSR count). The van der Waals surface area contributed by atoms with Crippen molar-refractivity contribution in [2.45, 2.75) is 24.9 Å². The molecule has 0 amide bonds. The van der Waals surface area contributed by atoms with Crippen LogP contribution in [0.15, 0.2) is 41.4 Å². The van der Waals surface area contributed by atoms with Crippen molar-refractivity contribution in [2.24, 2.45) is 4.99 Å². The van der Waals surface area contributed by atoms with Gasteiger partial charge in [-0.05, 0) is 53.3 Å². The molecule has 29 heavy (non-hydrogen) atoms. The second-order valence-corrected chi connectivity index (χ2v) is 7.29. The second-order valence-electron chi connectivity index (χ2n) is 6.12. The van der Waals surface area contributed by atoms with Crippen molar-refractivity contribution in [3.05, 3.63) is 62.2 Å². The number of carbonyl (C=O) groups excluding carboxylic acids is 1. The summed E-state index contributed by atoms with van der Waals surface area (Å²) in [6.45, 7) is 1.17. The Balaban J connectivity index is 2.08. The molecule has 154 valence electrons. The lowest BCUT2D eigenvalue weighted by molar-refractivity contribution is -0.348. The van der Waals surface area contributed by atoms with Crippen LogP contribution in [0, 0.1) is 10.5 Å². The first kappa shape index (κ1) is 21.5. The van der Waals surface area contributed by atoms with E-state index in [0.29, 0.717) is 21.3 Å². The molecule has 0 saturated heterocycles. The van der Waals surface area contributed by atoms with Crippen LogP contribution in [-0.2, 0) is 10.4 Å². The van der Waals surface area contributed by atoms with Crippen molar-refractivity contribution in [2.75, 3.05) is 0 Å². The van der Waals surface area contributed by atoms with Crippen LogP contribution in [0.2, 0.25) is 0 Å². The highest BCUT2D eigenvalue weighted by Crippen LogP contribution is 2.53. The fraction of sp³-hybridized carbons (Fsp3) is 0.222. The number of ether oxygens (including phenoxy) is 1. The fourth-order valence-electron chi connectivity index (χ4n) is 2.78. The fourth-order valence-corrected chi connectivity index (χ4v) is 3.50. The third-order valence-corrected chi connectivity index (χ3v) is 5.13. The Labute approximate surface area is 172 Å². The van der Waals surface area contributed by atoms with Crippen molar-refractivity contribution in [1.82, 2.24) is 0 Å². The summed E-state index contributed by atoms with van der Waals surface area (Å²) in [5, 5.41) is 0. The summed E-state index contributed by atoms with van der Waals surface area (Å²) < 4.78 is 97.3. The van der Waals surface area contributed by atoms with Gasteiger partial charge in [-0.3, -0.25) is 0 Å². The lowest BCUT2D eigenvalue weighted by atomic mass is 9.92. The molecule has 3 nitrogen and oxygen atoms in total. The van der Waals surface area contributed by atoms with E-state index in [1.54, 1.807) is 12.1 Å². The van der Waals surface area contributed by atoms with E-state index in [-0.39, 0.29) is 22.7 Å². The van der Waals surface area contributed by atoms with Crippen LogP contribution < -0.4 is 0 Å². The summed E-state index contributed by atoms with van der Waals surface area (Å²) in [7, 11) is 0. The van der Waals surface area contributed by atoms with E-state index in [2.05, 4.69) is 4.99 Å². The summed E-state index contributed by atoms with van der Waals surface area (Å²) >= 11 is 1.91. The Kier molecular flexibility index (Phi) is 5.16. The number of cyclic esters (lactones) is 1. The molecule has 0 fully saturated rings. The van der Waals surface area contributed by atoms with Crippen LogP contribution in [0.25, 0.3) is 0 Å². The summed E-state index contributed by atoms with van der Waals surface area (Å²) in [6.07, 6.45) is -12.4. The van der Waals surface area contributed by atoms with Gasteiger partial charge in [-0.25, -0.2) is 14.2 Å². The highest BCUT2D eigenvalue weighted by molar-refractivity contribution is 14.1. The smallest absolute Gasteiger partial charge is 0.403 e. The van der Waals surface area contributed by atoms with Gasteiger partial charge in [-0.15, -0.1) is 0 Å². The first-order chi connectivity index (χ1) is 13.3. The van der Waals surface area contributed by atoms with E-state index >= 15 is 0 Å². The molecule has 0 unspecified atom stereocenters. The van der Waals surface area contributed by atoms with Gasteiger partial charge in [0.25, 0.3) is 0 Å². The number of alkyl halides is 7. The lowest BCUT2D eigenvalue weighted by Crippen LogP contribution is -2.50. The molecule has 0 aromatic heterocycles. The molecule has 0 radical (unpaired) electrons. The van der Waals surface area contributed by atoms with Gasteiger partial charge in [0.1, 0.15) is 0 Å². The van der Waals surface area contributed by atoms with E-state index in [1.807, 2.05) is 22.6 Å². The zero-order valence-corrected chi connectivity index (χ0v) is 16.4. The quantitative estimate of drug-likeness (QED) is 0.266. The number of benzene rings is 2. The number of rotatable bonds is 2. The Morgan fingerprint density at radius 2 is 1.59 bits per heavy atom. The standard InChI is InChI=1S/C18H9F7INO2/c1-8-7-9(16(19,17(20,21)22)18(23,24)25)5-6-12(8)27-14-10-3-2-4-11(26)13(10)15(28)29-14/h2-7H,1H3. The third kappa shape index (κ3) is 3.49. The van der Waals surface area contributed by atoms with Crippen molar-refractivity contribution < 1.29 is 40.3 Å². The van der Waals surface area contributed by atoms with E-state index in [9.17, 15) is 35.5 Å². The number of carbonyl (C=O) groups is 1. The number of halogens is 8. The molecule has 0 N–H and O–H groups in total. The molecular weight excluding hydrogens is 522 g/mol. The van der Waals surface area contributed by atoms with E-state index in [1.165, 1.54) is 13.0 Å². The van der Waals surface area contributed by atoms with Crippen LogP contribution in [0.3, 0.4) is 0 Å². The average molecular weight is 531 g/mol. The van der Waals surface area contributed by atoms with E-state index in [0.717, 1.165) is 6.07 Å². The average Bonchev–Trinajstić information content (AvgIpc) is 2.91. The molecule has 1 aliphatic heterocycles. The second kappa shape index (κ2) is 6.96. The third-order valence-electron chi connectivity index (χ3n) is 4.24. The summed E-state index contributed by atoms with van der Waals surface area (Å²) in [4.78, 5) is 16.0. The first-order valence-electron chi connectivity index (χ1n) is 7.80. The van der Waals surface area contributed by atoms with Crippen molar-refractivity contribution in [3.8, 4) is 0 Å². The highest BCUT2D eigenvalue weighted by Gasteiger charge is 2.73. The molecule has 2 aromatic carbocycles. The molecule has 0 saturated carbocycles. The van der Waals surface area contributed by atoms with E-state index in [4.69, 9.17) is 4.74 Å². The van der Waals surface area contributed by atoms with Crippen LogP contribution in [0.1, 0.15) is 27.0 Å². The molecule has 2 aromatic rings. The van der Waals surface area contributed by atoms with Crippen molar-refractivity contribution >= 4 is 40.1 Å². The number of aliphatic imine (C=N–C) groups is 1. The molecule has 1 aliphatic rings. The van der Waals surface area contributed by atoms with Gasteiger partial charge < -0.3 is 4.74 Å². The van der Waals surface area contributed by atoms with Crippen molar-refractivity contribution in [1.29, 1.82) is 0 Å². The van der Waals surface area contributed by atoms with Gasteiger partial charge in [0, 0.05) is 9.13 Å². The minimum atomic E-state index is -6.21. The monoisotopic (exact) mass is 531 g/mol. The van der Waals surface area contributed by atoms with Crippen LogP contribution >= 0.6 is 22.6 Å². The predicted molar refractivity (Wildman–Crippen MR) is 96.8 cm³/mol.